The first-order valence-electron chi connectivity index (χ1n) is 3.93. The average Bonchev–Trinajstić information content (AvgIpc) is 2.05. The molecular weight excluding hydrogens is 216 g/mol. The molecule has 0 radical (unpaired) electrons. The fraction of sp³-hybridized carbons (Fsp3) is 0.333. The van der Waals surface area contributed by atoms with Gasteiger partial charge in [0, 0.05) is 11.9 Å². The fourth-order valence-corrected chi connectivity index (χ4v) is 1.35. The predicted octanol–water partition coefficient (Wildman–Crippen LogP) is 3.01. The van der Waals surface area contributed by atoms with Gasteiger partial charge in [-0.25, -0.2) is 4.98 Å². The third kappa shape index (κ3) is 2.41. The second-order valence-corrected chi connectivity index (χ2v) is 3.41. The van der Waals surface area contributed by atoms with Crippen LogP contribution in [0.1, 0.15) is 25.3 Å². The van der Waals surface area contributed by atoms with E-state index < -0.39 is 0 Å². The lowest BCUT2D eigenvalue weighted by molar-refractivity contribution is 0.985. The molecule has 2 nitrogen and oxygen atoms in total. The van der Waals surface area contributed by atoms with E-state index in [2.05, 4.69) is 27.8 Å². The van der Waals surface area contributed by atoms with Crippen molar-refractivity contribution in [3.63, 3.8) is 0 Å². The highest BCUT2D eigenvalue weighted by atomic mass is 79.9. The van der Waals surface area contributed by atoms with Gasteiger partial charge < -0.3 is 5.41 Å². The smallest absolute Gasteiger partial charge is 0.106 e. The van der Waals surface area contributed by atoms with Crippen LogP contribution in [-0.4, -0.2) is 10.7 Å². The standard InChI is InChI=1S/C9H11BrN2/c1-2-3-8(11)7-4-5-12-9(10)6-7/h4-6,11H,2-3H2,1H3. The number of halogens is 1. The van der Waals surface area contributed by atoms with Crippen LogP contribution in [-0.2, 0) is 0 Å². The summed E-state index contributed by atoms with van der Waals surface area (Å²) in [5.74, 6) is 0. The minimum atomic E-state index is 0.681. The lowest BCUT2D eigenvalue weighted by Gasteiger charge is -2.01. The van der Waals surface area contributed by atoms with Gasteiger partial charge in [-0.3, -0.25) is 0 Å². The van der Waals surface area contributed by atoms with E-state index >= 15 is 0 Å². The Balaban J connectivity index is 2.81. The maximum Gasteiger partial charge on any atom is 0.106 e. The molecule has 64 valence electrons. The van der Waals surface area contributed by atoms with Gasteiger partial charge in [0.25, 0.3) is 0 Å². The first-order chi connectivity index (χ1) is 5.74. The molecule has 1 rings (SSSR count). The zero-order chi connectivity index (χ0) is 8.97. The highest BCUT2D eigenvalue weighted by Crippen LogP contribution is 2.10. The summed E-state index contributed by atoms with van der Waals surface area (Å²) in [6.07, 6.45) is 3.55. The van der Waals surface area contributed by atoms with Crippen LogP contribution < -0.4 is 0 Å². The molecule has 0 aliphatic carbocycles. The fourth-order valence-electron chi connectivity index (χ4n) is 0.985. The maximum absolute atomic E-state index is 7.68. The summed E-state index contributed by atoms with van der Waals surface area (Å²) in [5, 5.41) is 7.68. The minimum absolute atomic E-state index is 0.681. The highest BCUT2D eigenvalue weighted by Gasteiger charge is 1.99. The van der Waals surface area contributed by atoms with E-state index in [4.69, 9.17) is 5.41 Å². The first-order valence-corrected chi connectivity index (χ1v) is 4.72. The molecule has 0 aromatic carbocycles. The van der Waals surface area contributed by atoms with Gasteiger partial charge in [0.1, 0.15) is 4.60 Å². The molecule has 0 saturated carbocycles. The zero-order valence-electron chi connectivity index (χ0n) is 6.97. The van der Waals surface area contributed by atoms with Gasteiger partial charge >= 0.3 is 0 Å². The lowest BCUT2D eigenvalue weighted by atomic mass is 10.1. The first kappa shape index (κ1) is 9.39. The Kier molecular flexibility index (Phi) is 3.41. The van der Waals surface area contributed by atoms with Crippen molar-refractivity contribution in [2.75, 3.05) is 0 Å². The van der Waals surface area contributed by atoms with Gasteiger partial charge in [-0.15, -0.1) is 0 Å². The van der Waals surface area contributed by atoms with Crippen LogP contribution >= 0.6 is 15.9 Å². The third-order valence-electron chi connectivity index (χ3n) is 1.58. The van der Waals surface area contributed by atoms with E-state index in [1.54, 1.807) is 6.20 Å². The summed E-state index contributed by atoms with van der Waals surface area (Å²) in [7, 11) is 0. The number of aromatic nitrogens is 1. The zero-order valence-corrected chi connectivity index (χ0v) is 8.56. The van der Waals surface area contributed by atoms with E-state index in [0.717, 1.165) is 23.0 Å². The molecule has 0 bridgehead atoms. The summed E-state index contributed by atoms with van der Waals surface area (Å²) < 4.78 is 0.792. The van der Waals surface area contributed by atoms with Crippen molar-refractivity contribution >= 4 is 21.6 Å². The Morgan fingerprint density at radius 1 is 1.67 bits per heavy atom. The van der Waals surface area contributed by atoms with Crippen LogP contribution in [0, 0.1) is 5.41 Å². The summed E-state index contributed by atoms with van der Waals surface area (Å²) in [4.78, 5) is 4.00. The van der Waals surface area contributed by atoms with Crippen LogP contribution in [0.3, 0.4) is 0 Å². The topological polar surface area (TPSA) is 36.7 Å². The van der Waals surface area contributed by atoms with E-state index in [9.17, 15) is 0 Å². The predicted molar refractivity (Wildman–Crippen MR) is 53.7 cm³/mol. The highest BCUT2D eigenvalue weighted by molar-refractivity contribution is 9.10. The lowest BCUT2D eigenvalue weighted by Crippen LogP contribution is -1.98. The van der Waals surface area contributed by atoms with Gasteiger partial charge in [-0.05, 0) is 40.0 Å². The molecule has 0 fully saturated rings. The van der Waals surface area contributed by atoms with Gasteiger partial charge in [0.05, 0.1) is 0 Å². The van der Waals surface area contributed by atoms with Crippen molar-refractivity contribution in [3.05, 3.63) is 28.5 Å². The molecule has 0 aliphatic rings. The van der Waals surface area contributed by atoms with Crippen LogP contribution in [0.15, 0.2) is 22.9 Å². The molecule has 12 heavy (non-hydrogen) atoms. The second-order valence-electron chi connectivity index (χ2n) is 2.60. The molecule has 1 N–H and O–H groups in total. The molecule has 0 amide bonds. The molecule has 1 aromatic rings. The van der Waals surface area contributed by atoms with Gasteiger partial charge in [0.15, 0.2) is 0 Å². The maximum atomic E-state index is 7.68. The van der Waals surface area contributed by atoms with Crippen molar-refractivity contribution in [3.8, 4) is 0 Å². The second kappa shape index (κ2) is 4.36. The van der Waals surface area contributed by atoms with Crippen molar-refractivity contribution in [1.29, 1.82) is 5.41 Å². The number of hydrogen-bond donors (Lipinski definition) is 1. The van der Waals surface area contributed by atoms with E-state index in [1.807, 2.05) is 12.1 Å². The van der Waals surface area contributed by atoms with Crippen molar-refractivity contribution in [2.24, 2.45) is 0 Å². The van der Waals surface area contributed by atoms with E-state index in [0.29, 0.717) is 5.71 Å². The van der Waals surface area contributed by atoms with Crippen molar-refractivity contribution in [2.45, 2.75) is 19.8 Å². The monoisotopic (exact) mass is 226 g/mol. The van der Waals surface area contributed by atoms with Crippen LogP contribution in [0.4, 0.5) is 0 Å². The SMILES string of the molecule is CCCC(=N)c1ccnc(Br)c1. The van der Waals surface area contributed by atoms with Crippen LogP contribution in [0.2, 0.25) is 0 Å². The normalized spacial score (nSPS) is 9.83. The van der Waals surface area contributed by atoms with E-state index in [1.165, 1.54) is 0 Å². The quantitative estimate of drug-likeness (QED) is 0.625. The minimum Gasteiger partial charge on any atom is -0.305 e. The van der Waals surface area contributed by atoms with Crippen LogP contribution in [0.25, 0.3) is 0 Å². The number of nitrogens with zero attached hydrogens (tertiary/aromatic N) is 1. The van der Waals surface area contributed by atoms with Gasteiger partial charge in [-0.1, -0.05) is 13.3 Å². The summed E-state index contributed by atoms with van der Waals surface area (Å²) in [6, 6.07) is 3.74. The molecule has 0 unspecified atom stereocenters. The molecule has 1 aromatic heterocycles. The number of hydrogen-bond acceptors (Lipinski definition) is 2. The Bertz CT molecular complexity index is 284. The molecule has 1 heterocycles. The molecule has 3 heteroatoms. The summed E-state index contributed by atoms with van der Waals surface area (Å²) in [6.45, 7) is 2.07. The van der Waals surface area contributed by atoms with Crippen LogP contribution in [0.5, 0.6) is 0 Å². The summed E-state index contributed by atoms with van der Waals surface area (Å²) >= 11 is 3.27. The number of pyridine rings is 1. The molecule has 0 spiro atoms. The number of rotatable bonds is 3. The Hall–Kier alpha value is -0.700. The Morgan fingerprint density at radius 2 is 2.42 bits per heavy atom. The van der Waals surface area contributed by atoms with Gasteiger partial charge in [0.2, 0.25) is 0 Å². The molecule has 0 aliphatic heterocycles. The number of nitrogens with one attached hydrogen (secondary N) is 1. The van der Waals surface area contributed by atoms with Crippen molar-refractivity contribution in [1.82, 2.24) is 4.98 Å². The molecular formula is C9H11BrN2. The van der Waals surface area contributed by atoms with Gasteiger partial charge in [-0.2, -0.15) is 0 Å². The summed E-state index contributed by atoms with van der Waals surface area (Å²) in [5.41, 5.74) is 1.64. The third-order valence-corrected chi connectivity index (χ3v) is 2.01. The molecule has 0 saturated heterocycles. The Morgan fingerprint density at radius 3 is 3.00 bits per heavy atom. The Labute approximate surface area is 80.7 Å². The average molecular weight is 227 g/mol. The largest absolute Gasteiger partial charge is 0.305 e. The van der Waals surface area contributed by atoms with Crippen molar-refractivity contribution < 1.29 is 0 Å². The molecule has 0 atom stereocenters. The van der Waals surface area contributed by atoms with E-state index in [-0.39, 0.29) is 0 Å².